The monoisotopic (exact) mass is 336 g/mol. The Morgan fingerprint density at radius 1 is 0.840 bits per heavy atom. The lowest BCUT2D eigenvalue weighted by Crippen LogP contribution is -1.96. The Balaban J connectivity index is 1.86. The second-order valence-electron chi connectivity index (χ2n) is 5.91. The number of aromatic hydroxyl groups is 1. The van der Waals surface area contributed by atoms with E-state index in [1.54, 1.807) is 44.6 Å². The zero-order valence-electron chi connectivity index (χ0n) is 14.3. The molecule has 0 unspecified atom stereocenters. The fourth-order valence-corrected chi connectivity index (χ4v) is 2.86. The van der Waals surface area contributed by atoms with Crippen molar-refractivity contribution >= 4 is 17.9 Å². The van der Waals surface area contributed by atoms with Gasteiger partial charge in [-0.1, -0.05) is 12.1 Å². The van der Waals surface area contributed by atoms with E-state index in [0.29, 0.717) is 24.3 Å². The van der Waals surface area contributed by atoms with Gasteiger partial charge in [0.2, 0.25) is 0 Å². The van der Waals surface area contributed by atoms with Crippen molar-refractivity contribution in [3.8, 4) is 17.2 Å². The van der Waals surface area contributed by atoms with Gasteiger partial charge in [-0.2, -0.15) is 0 Å². The largest absolute Gasteiger partial charge is 0.508 e. The molecule has 1 fully saturated rings. The number of carbonyl (C=O) groups excluding carboxylic acids is 1. The number of methoxy groups -OCH3 is 2. The predicted octanol–water partition coefficient (Wildman–Crippen LogP) is 4.24. The van der Waals surface area contributed by atoms with Crippen LogP contribution in [0.4, 0.5) is 0 Å². The fraction of sp³-hybridized carbons (Fsp3) is 0.190. The smallest absolute Gasteiger partial charge is 0.185 e. The molecule has 0 atom stereocenters. The van der Waals surface area contributed by atoms with Gasteiger partial charge in [0.05, 0.1) is 14.2 Å². The number of hydrogen-bond acceptors (Lipinski definition) is 4. The maximum absolute atomic E-state index is 12.6. The van der Waals surface area contributed by atoms with Crippen molar-refractivity contribution in [1.29, 1.82) is 0 Å². The molecule has 0 heterocycles. The van der Waals surface area contributed by atoms with Gasteiger partial charge >= 0.3 is 0 Å². The van der Waals surface area contributed by atoms with E-state index < -0.39 is 0 Å². The molecule has 0 aliphatic heterocycles. The summed E-state index contributed by atoms with van der Waals surface area (Å²) in [6, 6.07) is 12.4. The highest BCUT2D eigenvalue weighted by atomic mass is 16.5. The van der Waals surface area contributed by atoms with Gasteiger partial charge in [-0.05, 0) is 60.4 Å². The number of ether oxygens (including phenoxy) is 2. The Labute approximate surface area is 147 Å². The zero-order valence-corrected chi connectivity index (χ0v) is 14.3. The minimum atomic E-state index is 0.0647. The van der Waals surface area contributed by atoms with E-state index in [4.69, 9.17) is 9.47 Å². The van der Waals surface area contributed by atoms with Crippen molar-refractivity contribution in [2.45, 2.75) is 12.8 Å². The molecule has 1 saturated carbocycles. The Kier molecular flexibility index (Phi) is 4.89. The summed E-state index contributed by atoms with van der Waals surface area (Å²) < 4.78 is 10.5. The molecule has 1 N–H and O–H groups in total. The molecule has 0 saturated heterocycles. The normalized spacial score (nSPS) is 17.3. The van der Waals surface area contributed by atoms with Gasteiger partial charge in [0.1, 0.15) is 17.2 Å². The first-order chi connectivity index (χ1) is 12.1. The number of benzene rings is 2. The topological polar surface area (TPSA) is 55.8 Å². The van der Waals surface area contributed by atoms with Crippen LogP contribution in [0.1, 0.15) is 24.0 Å². The molecular weight excluding hydrogens is 316 g/mol. The van der Waals surface area contributed by atoms with Crippen LogP contribution in [-0.4, -0.2) is 25.1 Å². The highest BCUT2D eigenvalue weighted by molar-refractivity contribution is 6.15. The first-order valence-corrected chi connectivity index (χ1v) is 8.07. The molecule has 0 amide bonds. The maximum atomic E-state index is 12.6. The van der Waals surface area contributed by atoms with Gasteiger partial charge in [0.15, 0.2) is 5.78 Å². The first-order valence-electron chi connectivity index (χ1n) is 8.07. The Hall–Kier alpha value is -3.01. The summed E-state index contributed by atoms with van der Waals surface area (Å²) in [5.74, 6) is 1.66. The van der Waals surface area contributed by atoms with Crippen LogP contribution in [0, 0.1) is 0 Å². The number of allylic oxidation sites excluding steroid dienone is 2. The number of ketones is 1. The van der Waals surface area contributed by atoms with Crippen molar-refractivity contribution in [3.05, 3.63) is 64.7 Å². The number of rotatable bonds is 4. The van der Waals surface area contributed by atoms with Gasteiger partial charge in [-0.15, -0.1) is 0 Å². The third kappa shape index (κ3) is 3.91. The molecule has 3 rings (SSSR count). The van der Waals surface area contributed by atoms with Crippen LogP contribution < -0.4 is 9.47 Å². The summed E-state index contributed by atoms with van der Waals surface area (Å²) in [4.78, 5) is 12.6. The predicted molar refractivity (Wildman–Crippen MR) is 97.8 cm³/mol. The summed E-state index contributed by atoms with van der Waals surface area (Å²) in [7, 11) is 3.20. The van der Waals surface area contributed by atoms with Gasteiger partial charge in [0.25, 0.3) is 0 Å². The highest BCUT2D eigenvalue weighted by Gasteiger charge is 2.23. The average Bonchev–Trinajstić information content (AvgIpc) is 2.96. The van der Waals surface area contributed by atoms with Crippen LogP contribution in [0.15, 0.2) is 53.6 Å². The van der Waals surface area contributed by atoms with Crippen molar-refractivity contribution in [2.24, 2.45) is 0 Å². The Bertz CT molecular complexity index is 822. The number of phenolic OH excluding ortho intramolecular Hbond substituents is 1. The summed E-state index contributed by atoms with van der Waals surface area (Å²) in [6.45, 7) is 0. The number of Topliss-reactive ketones (excluding diaryl/α,β-unsaturated/α-hetero) is 1. The molecule has 25 heavy (non-hydrogen) atoms. The highest BCUT2D eigenvalue weighted by Crippen LogP contribution is 2.31. The van der Waals surface area contributed by atoms with E-state index in [1.807, 2.05) is 24.3 Å². The minimum absolute atomic E-state index is 0.0647. The third-order valence-corrected chi connectivity index (χ3v) is 4.20. The maximum Gasteiger partial charge on any atom is 0.185 e. The molecule has 0 spiro atoms. The molecule has 0 bridgehead atoms. The van der Waals surface area contributed by atoms with Crippen molar-refractivity contribution < 1.29 is 19.4 Å². The van der Waals surface area contributed by atoms with Crippen LogP contribution in [0.2, 0.25) is 0 Å². The lowest BCUT2D eigenvalue weighted by Gasteiger charge is -2.06. The molecule has 0 radical (unpaired) electrons. The molecule has 4 heteroatoms. The van der Waals surface area contributed by atoms with E-state index in [1.165, 1.54) is 0 Å². The number of carbonyl (C=O) groups is 1. The van der Waals surface area contributed by atoms with Crippen LogP contribution in [0.3, 0.4) is 0 Å². The van der Waals surface area contributed by atoms with Gasteiger partial charge < -0.3 is 14.6 Å². The summed E-state index contributed by atoms with van der Waals surface area (Å²) in [5, 5.41) is 9.34. The molecule has 2 aromatic carbocycles. The van der Waals surface area contributed by atoms with Crippen LogP contribution in [0.5, 0.6) is 17.2 Å². The van der Waals surface area contributed by atoms with Crippen LogP contribution >= 0.6 is 0 Å². The number of phenols is 1. The Morgan fingerprint density at radius 3 is 1.88 bits per heavy atom. The molecule has 1 aliphatic rings. The average molecular weight is 336 g/mol. The summed E-state index contributed by atoms with van der Waals surface area (Å²) in [5.41, 5.74) is 3.35. The SMILES string of the molecule is COc1cc(C=C2CC/C(=C\c3ccc(O)cc3)C2=O)cc(OC)c1. The van der Waals surface area contributed by atoms with Crippen molar-refractivity contribution in [3.63, 3.8) is 0 Å². The van der Waals surface area contributed by atoms with Gasteiger partial charge in [-0.25, -0.2) is 0 Å². The quantitative estimate of drug-likeness (QED) is 0.849. The first kappa shape index (κ1) is 16.8. The third-order valence-electron chi connectivity index (χ3n) is 4.20. The van der Waals surface area contributed by atoms with E-state index >= 15 is 0 Å². The van der Waals surface area contributed by atoms with E-state index in [9.17, 15) is 9.90 Å². The molecule has 4 nitrogen and oxygen atoms in total. The van der Waals surface area contributed by atoms with E-state index in [2.05, 4.69) is 0 Å². The Morgan fingerprint density at radius 2 is 1.36 bits per heavy atom. The van der Waals surface area contributed by atoms with Crippen LogP contribution in [-0.2, 0) is 4.79 Å². The standard InChI is InChI=1S/C21H20O4/c1-24-19-11-15(12-20(13-19)25-2)10-17-6-5-16(21(17)23)9-14-3-7-18(22)8-4-14/h3-4,7-13,22H,5-6H2,1-2H3/b16-9+,17-10?. The zero-order chi connectivity index (χ0) is 17.8. The van der Waals surface area contributed by atoms with E-state index in [-0.39, 0.29) is 11.5 Å². The van der Waals surface area contributed by atoms with Crippen LogP contribution in [0.25, 0.3) is 12.2 Å². The van der Waals surface area contributed by atoms with Gasteiger partial charge in [-0.3, -0.25) is 4.79 Å². The number of hydrogen-bond donors (Lipinski definition) is 1. The van der Waals surface area contributed by atoms with E-state index in [0.717, 1.165) is 22.3 Å². The summed E-state index contributed by atoms with van der Waals surface area (Å²) in [6.07, 6.45) is 5.20. The van der Waals surface area contributed by atoms with Crippen molar-refractivity contribution in [2.75, 3.05) is 14.2 Å². The summed E-state index contributed by atoms with van der Waals surface area (Å²) >= 11 is 0. The second-order valence-corrected chi connectivity index (χ2v) is 5.91. The lowest BCUT2D eigenvalue weighted by molar-refractivity contribution is -0.111. The molecule has 0 aromatic heterocycles. The second kappa shape index (κ2) is 7.26. The molecule has 2 aromatic rings. The molecular formula is C21H20O4. The molecule has 1 aliphatic carbocycles. The van der Waals surface area contributed by atoms with Crippen molar-refractivity contribution in [1.82, 2.24) is 0 Å². The molecule has 128 valence electrons. The van der Waals surface area contributed by atoms with Gasteiger partial charge in [0, 0.05) is 17.2 Å². The fourth-order valence-electron chi connectivity index (χ4n) is 2.86. The minimum Gasteiger partial charge on any atom is -0.508 e. The lowest BCUT2D eigenvalue weighted by atomic mass is 10.1.